The number of quaternary nitrogens is 1. The number of likely N-dealkylation sites (N-methyl/N-ethyl adjacent to an activating group) is 1. The van der Waals surface area contributed by atoms with E-state index in [4.69, 9.17) is 18.5 Å². The standard InChI is InChI=1S/C50H82NO12P/c1-6-8-10-11-12-13-14-15-16-17-18-19-20-21-22-23-24-25-27-32-49(56)60-40-44(41-62-64(58,59)61-37-36-51(3,4)5)63-50(57)33-29-28-31-43(53)38-46-45(47(54)39-48(46)55)35-34-42(52)30-26-9-7-2/h8,10,12-13,15-16,18-19,21-22,24-25,34-35,42,44-48,52,54-55H,6-7,9,11,14,17,20,23,26-33,36-41H2,1-5H3/p+1/b10-8-,13-12-,16-15-,19-18-,22-21-,25-24-,35-34+/t42-,44+,45+,46+,47+,48-/m0/s1. The smallest absolute Gasteiger partial charge is 0.462 e. The topological polar surface area (TPSA) is 186 Å². The Morgan fingerprint density at radius 2 is 1.30 bits per heavy atom. The van der Waals surface area contributed by atoms with Gasteiger partial charge in [-0.2, -0.15) is 0 Å². The van der Waals surface area contributed by atoms with Gasteiger partial charge in [-0.05, 0) is 64.2 Å². The van der Waals surface area contributed by atoms with Crippen LogP contribution in [0.4, 0.5) is 0 Å². The van der Waals surface area contributed by atoms with Gasteiger partial charge in [-0.25, -0.2) is 4.57 Å². The zero-order valence-corrected chi connectivity index (χ0v) is 40.4. The SMILES string of the molecule is CC/C=C\C/C=C\C/C=C\C/C=C\C/C=C\C/C=C\CCC(=O)OC[C@H](COP(=O)(O)OCC[N+](C)(C)C)OC(=O)CCCCC(=O)C[C@@H]1[C@@H](/C=C/[C@@H](O)CCCCC)[C@H](O)C[C@@H]1O. The van der Waals surface area contributed by atoms with Crippen molar-refractivity contribution in [3.63, 3.8) is 0 Å². The molecule has 13 nitrogen and oxygen atoms in total. The van der Waals surface area contributed by atoms with Gasteiger partial charge in [0, 0.05) is 43.9 Å². The highest BCUT2D eigenvalue weighted by Gasteiger charge is 2.41. The number of Topliss-reactive ketones (excluding diaryl/α,β-unsaturated/α-hetero) is 1. The zero-order valence-electron chi connectivity index (χ0n) is 39.6. The molecule has 0 spiro atoms. The van der Waals surface area contributed by atoms with Crippen molar-refractivity contribution in [2.75, 3.05) is 47.5 Å². The summed E-state index contributed by atoms with van der Waals surface area (Å²) in [6.45, 7) is 3.65. The van der Waals surface area contributed by atoms with Crippen LogP contribution >= 0.6 is 7.82 Å². The third-order valence-electron chi connectivity index (χ3n) is 10.4. The fourth-order valence-corrected chi connectivity index (χ4v) is 7.42. The number of carbonyl (C=O) groups is 3. The molecule has 1 unspecified atom stereocenters. The predicted octanol–water partition coefficient (Wildman–Crippen LogP) is 9.13. The van der Waals surface area contributed by atoms with Crippen LogP contribution in [0.3, 0.4) is 0 Å². The lowest BCUT2D eigenvalue weighted by Gasteiger charge is -2.24. The van der Waals surface area contributed by atoms with Crippen LogP contribution in [0.15, 0.2) is 85.1 Å². The van der Waals surface area contributed by atoms with Crippen LogP contribution in [0.5, 0.6) is 0 Å². The maximum absolute atomic E-state index is 12.9. The van der Waals surface area contributed by atoms with Gasteiger partial charge >= 0.3 is 19.8 Å². The van der Waals surface area contributed by atoms with E-state index in [1.165, 1.54) is 0 Å². The number of nitrogens with zero attached hydrogens (tertiary/aromatic N) is 1. The number of aliphatic hydroxyl groups is 3. The first-order valence-electron chi connectivity index (χ1n) is 23.5. The number of phosphoric ester groups is 1. The molecule has 0 aromatic rings. The summed E-state index contributed by atoms with van der Waals surface area (Å²) in [5.41, 5.74) is 0. The lowest BCUT2D eigenvalue weighted by atomic mass is 9.87. The van der Waals surface area contributed by atoms with Gasteiger partial charge in [0.1, 0.15) is 25.5 Å². The molecule has 4 N–H and O–H groups in total. The third-order valence-corrected chi connectivity index (χ3v) is 11.4. The van der Waals surface area contributed by atoms with Gasteiger partial charge in [0.25, 0.3) is 0 Å². The number of ether oxygens (including phenoxy) is 2. The lowest BCUT2D eigenvalue weighted by molar-refractivity contribution is -0.870. The van der Waals surface area contributed by atoms with E-state index in [1.807, 2.05) is 33.3 Å². The van der Waals surface area contributed by atoms with Gasteiger partial charge in [-0.15, -0.1) is 0 Å². The molecule has 0 saturated heterocycles. The van der Waals surface area contributed by atoms with Crippen molar-refractivity contribution in [3.05, 3.63) is 85.1 Å². The van der Waals surface area contributed by atoms with Gasteiger partial charge in [0.05, 0.1) is 46.1 Å². The summed E-state index contributed by atoms with van der Waals surface area (Å²) >= 11 is 0. The molecule has 1 fully saturated rings. The number of carbonyl (C=O) groups excluding carboxylic acids is 3. The molecule has 0 amide bonds. The summed E-state index contributed by atoms with van der Waals surface area (Å²) in [5, 5.41) is 31.4. The van der Waals surface area contributed by atoms with E-state index in [1.54, 1.807) is 12.2 Å². The molecule has 1 aliphatic carbocycles. The minimum atomic E-state index is -4.51. The Morgan fingerprint density at radius 1 is 0.719 bits per heavy atom. The number of ketones is 1. The van der Waals surface area contributed by atoms with E-state index >= 15 is 0 Å². The number of esters is 2. The quantitative estimate of drug-likeness (QED) is 0.0153. The highest BCUT2D eigenvalue weighted by Crippen LogP contribution is 2.43. The Balaban J connectivity index is 2.56. The average molecular weight is 921 g/mol. The molecule has 0 radical (unpaired) electrons. The third kappa shape index (κ3) is 32.4. The maximum atomic E-state index is 12.9. The van der Waals surface area contributed by atoms with Crippen molar-refractivity contribution in [1.29, 1.82) is 0 Å². The highest BCUT2D eigenvalue weighted by molar-refractivity contribution is 7.47. The van der Waals surface area contributed by atoms with Crippen molar-refractivity contribution < 1.29 is 62.2 Å². The molecule has 1 saturated carbocycles. The number of rotatable bonds is 37. The minimum absolute atomic E-state index is 0.0517. The number of aliphatic hydroxyl groups excluding tert-OH is 3. The van der Waals surface area contributed by atoms with Gasteiger partial charge in [0.2, 0.25) is 0 Å². The van der Waals surface area contributed by atoms with Crippen LogP contribution in [-0.2, 0) is 37.5 Å². The largest absolute Gasteiger partial charge is 0.472 e. The summed E-state index contributed by atoms with van der Waals surface area (Å²) in [5.74, 6) is -2.23. The molecular formula is C50H83NO12P+. The van der Waals surface area contributed by atoms with Crippen molar-refractivity contribution >= 4 is 25.5 Å². The number of unbranched alkanes of at least 4 members (excludes halogenated alkanes) is 3. The Kier molecular flexibility index (Phi) is 33.0. The Hall–Kier alpha value is -3.26. The summed E-state index contributed by atoms with van der Waals surface area (Å²) in [4.78, 5) is 48.5. The first kappa shape index (κ1) is 58.8. The second-order valence-corrected chi connectivity index (χ2v) is 18.8. The molecule has 0 aromatic heterocycles. The first-order chi connectivity index (χ1) is 30.6. The molecule has 14 heteroatoms. The van der Waals surface area contributed by atoms with Gasteiger partial charge in [0.15, 0.2) is 6.10 Å². The van der Waals surface area contributed by atoms with E-state index in [0.717, 1.165) is 57.8 Å². The molecule has 1 aliphatic rings. The van der Waals surface area contributed by atoms with Gasteiger partial charge in [-0.1, -0.05) is 118 Å². The van der Waals surface area contributed by atoms with E-state index in [0.29, 0.717) is 36.7 Å². The molecule has 1 rings (SSSR count). The normalized spacial score (nSPS) is 20.5. The summed E-state index contributed by atoms with van der Waals surface area (Å²) < 4.78 is 34.1. The molecule has 0 aliphatic heterocycles. The molecule has 0 aromatic carbocycles. The van der Waals surface area contributed by atoms with Crippen molar-refractivity contribution in [1.82, 2.24) is 0 Å². The molecule has 0 heterocycles. The lowest BCUT2D eigenvalue weighted by Crippen LogP contribution is -2.37. The van der Waals surface area contributed by atoms with Crippen LogP contribution in [0.1, 0.15) is 129 Å². The number of hydrogen-bond acceptors (Lipinski definition) is 11. The Labute approximate surface area is 384 Å². The molecule has 7 atom stereocenters. The number of allylic oxidation sites excluding steroid dienone is 12. The Morgan fingerprint density at radius 3 is 1.88 bits per heavy atom. The fourth-order valence-electron chi connectivity index (χ4n) is 6.68. The van der Waals surface area contributed by atoms with Crippen molar-refractivity contribution in [2.45, 2.75) is 154 Å². The van der Waals surface area contributed by atoms with E-state index in [9.17, 15) is 39.2 Å². The van der Waals surface area contributed by atoms with Crippen LogP contribution in [-0.4, -0.2) is 114 Å². The van der Waals surface area contributed by atoms with E-state index in [-0.39, 0.29) is 44.5 Å². The second kappa shape index (κ2) is 35.9. The zero-order chi connectivity index (χ0) is 47.5. The van der Waals surface area contributed by atoms with Crippen LogP contribution in [0.25, 0.3) is 0 Å². The minimum Gasteiger partial charge on any atom is -0.462 e. The molecule has 364 valence electrons. The van der Waals surface area contributed by atoms with Gasteiger partial charge in [-0.3, -0.25) is 23.4 Å². The van der Waals surface area contributed by atoms with Crippen LogP contribution in [0.2, 0.25) is 0 Å². The van der Waals surface area contributed by atoms with Crippen LogP contribution < -0.4 is 0 Å². The van der Waals surface area contributed by atoms with Crippen molar-refractivity contribution in [2.24, 2.45) is 11.8 Å². The molecular weight excluding hydrogens is 838 g/mol. The predicted molar refractivity (Wildman–Crippen MR) is 254 cm³/mol. The number of hydrogen-bond donors (Lipinski definition) is 4. The second-order valence-electron chi connectivity index (χ2n) is 17.4. The highest BCUT2D eigenvalue weighted by atomic mass is 31.2. The maximum Gasteiger partial charge on any atom is 0.472 e. The summed E-state index contributed by atoms with van der Waals surface area (Å²) in [6, 6.07) is 0. The monoisotopic (exact) mass is 921 g/mol. The van der Waals surface area contributed by atoms with Crippen LogP contribution in [0, 0.1) is 11.8 Å². The molecule has 64 heavy (non-hydrogen) atoms. The molecule has 0 bridgehead atoms. The average Bonchev–Trinajstić information content (AvgIpc) is 3.50. The summed E-state index contributed by atoms with van der Waals surface area (Å²) in [7, 11) is 1.19. The summed E-state index contributed by atoms with van der Waals surface area (Å²) in [6.07, 6.45) is 35.7. The Bertz CT molecular complexity index is 1540. The van der Waals surface area contributed by atoms with Gasteiger partial charge < -0.3 is 34.2 Å². The van der Waals surface area contributed by atoms with E-state index in [2.05, 4.69) is 74.6 Å². The van der Waals surface area contributed by atoms with E-state index < -0.39 is 69.2 Å². The fraction of sp³-hybridized carbons (Fsp3) is 0.660. The number of phosphoric acid groups is 1. The van der Waals surface area contributed by atoms with Crippen molar-refractivity contribution in [3.8, 4) is 0 Å². The first-order valence-corrected chi connectivity index (χ1v) is 25.0.